The highest BCUT2D eigenvalue weighted by molar-refractivity contribution is 9.09. The molecule has 0 aromatic heterocycles. The van der Waals surface area contributed by atoms with Gasteiger partial charge in [-0.3, -0.25) is 4.79 Å². The molecule has 0 radical (unpaired) electrons. The highest BCUT2D eigenvalue weighted by Gasteiger charge is 2.05. The second-order valence-corrected chi connectivity index (χ2v) is 3.85. The molecule has 12 heavy (non-hydrogen) atoms. The van der Waals surface area contributed by atoms with Crippen molar-refractivity contribution in [1.29, 1.82) is 0 Å². The molecule has 0 aromatic rings. The number of alkyl halides is 1. The van der Waals surface area contributed by atoms with Crippen molar-refractivity contribution in [2.45, 2.75) is 19.4 Å². The molecular formula is C8H17BrN2O. The predicted octanol–water partition coefficient (Wildman–Crippen LogP) is 0.838. The maximum absolute atomic E-state index is 11.0. The summed E-state index contributed by atoms with van der Waals surface area (Å²) in [7, 11) is 4.00. The molecule has 1 amide bonds. The molecule has 0 spiro atoms. The van der Waals surface area contributed by atoms with Gasteiger partial charge in [0.2, 0.25) is 5.91 Å². The lowest BCUT2D eigenvalue weighted by molar-refractivity contribution is -0.120. The third kappa shape index (κ3) is 5.55. The van der Waals surface area contributed by atoms with Gasteiger partial charge in [-0.1, -0.05) is 15.9 Å². The van der Waals surface area contributed by atoms with E-state index in [1.165, 1.54) is 0 Å². The van der Waals surface area contributed by atoms with Gasteiger partial charge in [-0.05, 0) is 21.0 Å². The van der Waals surface area contributed by atoms with Crippen molar-refractivity contribution in [3.63, 3.8) is 0 Å². The van der Waals surface area contributed by atoms with Crippen LogP contribution >= 0.6 is 15.9 Å². The largest absolute Gasteiger partial charge is 0.355 e. The summed E-state index contributed by atoms with van der Waals surface area (Å²) in [6.07, 6.45) is 0.556. The first-order chi connectivity index (χ1) is 5.57. The van der Waals surface area contributed by atoms with E-state index in [4.69, 9.17) is 0 Å². The number of amides is 1. The molecule has 1 atom stereocenters. The van der Waals surface area contributed by atoms with Crippen molar-refractivity contribution in [1.82, 2.24) is 10.2 Å². The molecule has 0 rings (SSSR count). The second-order valence-electron chi connectivity index (χ2n) is 3.06. The zero-order valence-electron chi connectivity index (χ0n) is 7.93. The van der Waals surface area contributed by atoms with E-state index in [1.54, 1.807) is 0 Å². The molecule has 72 valence electrons. The number of carbonyl (C=O) groups excluding carboxylic acids is 1. The van der Waals surface area contributed by atoms with E-state index in [0.29, 0.717) is 12.5 Å². The molecule has 0 fully saturated rings. The van der Waals surface area contributed by atoms with Gasteiger partial charge >= 0.3 is 0 Å². The highest BCUT2D eigenvalue weighted by atomic mass is 79.9. The SMILES string of the molecule is CC(CNC(=O)CCBr)N(C)C. The van der Waals surface area contributed by atoms with Crippen LogP contribution in [0.15, 0.2) is 0 Å². The zero-order valence-corrected chi connectivity index (χ0v) is 9.52. The number of hydrogen-bond donors (Lipinski definition) is 1. The van der Waals surface area contributed by atoms with E-state index < -0.39 is 0 Å². The summed E-state index contributed by atoms with van der Waals surface area (Å²) in [4.78, 5) is 13.1. The Morgan fingerprint density at radius 2 is 2.17 bits per heavy atom. The Morgan fingerprint density at radius 1 is 1.58 bits per heavy atom. The van der Waals surface area contributed by atoms with Crippen LogP contribution in [0.4, 0.5) is 0 Å². The topological polar surface area (TPSA) is 32.3 Å². The average Bonchev–Trinajstić information content (AvgIpc) is 2.00. The molecular weight excluding hydrogens is 220 g/mol. The fourth-order valence-corrected chi connectivity index (χ4v) is 0.978. The second kappa shape index (κ2) is 6.43. The minimum Gasteiger partial charge on any atom is -0.355 e. The van der Waals surface area contributed by atoms with Gasteiger partial charge in [0.15, 0.2) is 0 Å². The fourth-order valence-electron chi connectivity index (χ4n) is 0.618. The van der Waals surface area contributed by atoms with Gasteiger partial charge in [-0.25, -0.2) is 0 Å². The van der Waals surface area contributed by atoms with Gasteiger partial charge in [0.25, 0.3) is 0 Å². The molecule has 0 aromatic carbocycles. The molecule has 0 saturated carbocycles. The summed E-state index contributed by atoms with van der Waals surface area (Å²) in [5, 5.41) is 3.59. The van der Waals surface area contributed by atoms with Crippen molar-refractivity contribution in [2.24, 2.45) is 0 Å². The minimum absolute atomic E-state index is 0.112. The maximum atomic E-state index is 11.0. The van der Waals surface area contributed by atoms with Crippen LogP contribution in [0.5, 0.6) is 0 Å². The van der Waals surface area contributed by atoms with Crippen molar-refractivity contribution >= 4 is 21.8 Å². The molecule has 0 heterocycles. The monoisotopic (exact) mass is 236 g/mol. The van der Waals surface area contributed by atoms with Gasteiger partial charge in [-0.2, -0.15) is 0 Å². The minimum atomic E-state index is 0.112. The Bertz CT molecular complexity index is 139. The van der Waals surface area contributed by atoms with Gasteiger partial charge < -0.3 is 10.2 Å². The lowest BCUT2D eigenvalue weighted by atomic mass is 10.3. The van der Waals surface area contributed by atoms with Crippen molar-refractivity contribution in [3.05, 3.63) is 0 Å². The van der Waals surface area contributed by atoms with E-state index in [0.717, 1.165) is 11.9 Å². The Morgan fingerprint density at radius 3 is 2.58 bits per heavy atom. The van der Waals surface area contributed by atoms with Gasteiger partial charge in [0, 0.05) is 24.3 Å². The van der Waals surface area contributed by atoms with Crippen molar-refractivity contribution in [2.75, 3.05) is 26.0 Å². The summed E-state index contributed by atoms with van der Waals surface area (Å²) >= 11 is 3.21. The first-order valence-corrected chi connectivity index (χ1v) is 5.19. The van der Waals surface area contributed by atoms with E-state index in [-0.39, 0.29) is 5.91 Å². The Labute approximate surface area is 82.6 Å². The summed E-state index contributed by atoms with van der Waals surface area (Å²) < 4.78 is 0. The number of nitrogens with one attached hydrogen (secondary N) is 1. The quantitative estimate of drug-likeness (QED) is 0.718. The molecule has 0 aliphatic rings. The number of halogens is 1. The van der Waals surface area contributed by atoms with Crippen LogP contribution < -0.4 is 5.32 Å². The fraction of sp³-hybridized carbons (Fsp3) is 0.875. The Balaban J connectivity index is 3.47. The highest BCUT2D eigenvalue weighted by Crippen LogP contribution is 1.90. The lowest BCUT2D eigenvalue weighted by Crippen LogP contribution is -2.38. The van der Waals surface area contributed by atoms with Crippen LogP contribution in [0, 0.1) is 0 Å². The van der Waals surface area contributed by atoms with Crippen LogP contribution in [-0.4, -0.2) is 42.8 Å². The summed E-state index contributed by atoms with van der Waals surface area (Å²) in [6.45, 7) is 2.80. The molecule has 4 heteroatoms. The van der Waals surface area contributed by atoms with Crippen LogP contribution in [0.3, 0.4) is 0 Å². The standard InChI is InChI=1S/C8H17BrN2O/c1-7(11(2)3)6-10-8(12)4-5-9/h7H,4-6H2,1-3H3,(H,10,12). The Kier molecular flexibility index (Phi) is 6.38. The number of rotatable bonds is 5. The van der Waals surface area contributed by atoms with Crippen LogP contribution in [0.2, 0.25) is 0 Å². The maximum Gasteiger partial charge on any atom is 0.220 e. The number of nitrogens with zero attached hydrogens (tertiary/aromatic N) is 1. The first-order valence-electron chi connectivity index (χ1n) is 4.07. The van der Waals surface area contributed by atoms with Crippen LogP contribution in [0.25, 0.3) is 0 Å². The smallest absolute Gasteiger partial charge is 0.220 e. The van der Waals surface area contributed by atoms with Gasteiger partial charge in [0.05, 0.1) is 0 Å². The predicted molar refractivity (Wildman–Crippen MR) is 54.6 cm³/mol. The number of carbonyl (C=O) groups is 1. The summed E-state index contributed by atoms with van der Waals surface area (Å²) in [5.74, 6) is 0.112. The van der Waals surface area contributed by atoms with E-state index in [9.17, 15) is 4.79 Å². The van der Waals surface area contributed by atoms with Crippen LogP contribution in [-0.2, 0) is 4.79 Å². The molecule has 0 aliphatic carbocycles. The number of hydrogen-bond acceptors (Lipinski definition) is 2. The Hall–Kier alpha value is -0.0900. The number of likely N-dealkylation sites (N-methyl/N-ethyl adjacent to an activating group) is 1. The van der Waals surface area contributed by atoms with Gasteiger partial charge in [0.1, 0.15) is 0 Å². The molecule has 0 aliphatic heterocycles. The zero-order chi connectivity index (χ0) is 9.56. The lowest BCUT2D eigenvalue weighted by Gasteiger charge is -2.19. The molecule has 1 unspecified atom stereocenters. The summed E-state index contributed by atoms with van der Waals surface area (Å²) in [5.41, 5.74) is 0. The van der Waals surface area contributed by atoms with E-state index >= 15 is 0 Å². The third-order valence-electron chi connectivity index (χ3n) is 1.80. The third-order valence-corrected chi connectivity index (χ3v) is 2.19. The van der Waals surface area contributed by atoms with Crippen molar-refractivity contribution < 1.29 is 4.79 Å². The van der Waals surface area contributed by atoms with Crippen molar-refractivity contribution in [3.8, 4) is 0 Å². The summed E-state index contributed by atoms with van der Waals surface area (Å²) in [6, 6.07) is 0.393. The van der Waals surface area contributed by atoms with E-state index in [2.05, 4.69) is 33.1 Å². The molecule has 3 nitrogen and oxygen atoms in total. The van der Waals surface area contributed by atoms with E-state index in [1.807, 2.05) is 14.1 Å². The normalized spacial score (nSPS) is 13.1. The molecule has 1 N–H and O–H groups in total. The van der Waals surface area contributed by atoms with Gasteiger partial charge in [-0.15, -0.1) is 0 Å². The molecule has 0 bridgehead atoms. The molecule has 0 saturated heterocycles. The van der Waals surface area contributed by atoms with Crippen LogP contribution in [0.1, 0.15) is 13.3 Å². The first kappa shape index (κ1) is 11.9. The average molecular weight is 237 g/mol.